The summed E-state index contributed by atoms with van der Waals surface area (Å²) in [5.41, 5.74) is 3.60. The molecule has 0 saturated carbocycles. The summed E-state index contributed by atoms with van der Waals surface area (Å²) in [5.74, 6) is 0.358. The molecule has 0 radical (unpaired) electrons. The van der Waals surface area contributed by atoms with Crippen LogP contribution >= 0.6 is 11.6 Å². The fourth-order valence-corrected chi connectivity index (χ4v) is 3.03. The molecule has 6 heteroatoms. The molecule has 0 bridgehead atoms. The van der Waals surface area contributed by atoms with Crippen LogP contribution in [0.25, 0.3) is 11.3 Å². The van der Waals surface area contributed by atoms with Crippen molar-refractivity contribution in [2.24, 2.45) is 0 Å². The van der Waals surface area contributed by atoms with Crippen molar-refractivity contribution < 1.29 is 4.79 Å². The third-order valence-electron chi connectivity index (χ3n) is 4.69. The van der Waals surface area contributed by atoms with Gasteiger partial charge in [0.25, 0.3) is 5.56 Å². The molecule has 0 fully saturated rings. The average molecular weight is 410 g/mol. The minimum absolute atomic E-state index is 0.122. The van der Waals surface area contributed by atoms with Gasteiger partial charge in [0.05, 0.1) is 12.2 Å². The van der Waals surface area contributed by atoms with E-state index < -0.39 is 0 Å². The van der Waals surface area contributed by atoms with Crippen LogP contribution in [-0.2, 0) is 17.9 Å². The number of benzene rings is 2. The largest absolute Gasteiger partial charge is 0.352 e. The smallest absolute Gasteiger partial charge is 0.266 e. The summed E-state index contributed by atoms with van der Waals surface area (Å²) in [5, 5.41) is 7.90. The molecule has 0 atom stereocenters. The zero-order chi connectivity index (χ0) is 20.8. The van der Waals surface area contributed by atoms with Crippen LogP contribution in [0.4, 0.5) is 0 Å². The average Bonchev–Trinajstić information content (AvgIpc) is 2.72. The number of aryl methyl sites for hydroxylation is 1. The van der Waals surface area contributed by atoms with E-state index in [-0.39, 0.29) is 24.4 Å². The molecule has 29 heavy (non-hydrogen) atoms. The molecule has 1 aromatic heterocycles. The van der Waals surface area contributed by atoms with E-state index in [1.807, 2.05) is 24.3 Å². The Balaban J connectivity index is 1.57. The van der Waals surface area contributed by atoms with E-state index in [0.29, 0.717) is 23.2 Å². The molecule has 0 aliphatic rings. The SMILES string of the molecule is CC(C)c1ccc(CNC(=O)CCn2nc(-c3ccc(Cl)cc3)ccc2=O)cc1. The van der Waals surface area contributed by atoms with Gasteiger partial charge in [0.1, 0.15) is 0 Å². The first-order chi connectivity index (χ1) is 13.9. The van der Waals surface area contributed by atoms with Crippen molar-refractivity contribution in [2.45, 2.75) is 39.3 Å². The number of amides is 1. The first-order valence-corrected chi connectivity index (χ1v) is 10.00. The van der Waals surface area contributed by atoms with Gasteiger partial charge in [-0.2, -0.15) is 5.10 Å². The van der Waals surface area contributed by atoms with Gasteiger partial charge in [-0.15, -0.1) is 0 Å². The molecule has 0 aliphatic carbocycles. The van der Waals surface area contributed by atoms with Crippen molar-refractivity contribution in [1.29, 1.82) is 0 Å². The van der Waals surface area contributed by atoms with Crippen LogP contribution in [0.1, 0.15) is 37.3 Å². The van der Waals surface area contributed by atoms with Gasteiger partial charge in [0, 0.05) is 29.6 Å². The number of halogens is 1. The Morgan fingerprint density at radius 2 is 1.72 bits per heavy atom. The highest BCUT2D eigenvalue weighted by atomic mass is 35.5. The number of aromatic nitrogens is 2. The normalized spacial score (nSPS) is 10.9. The van der Waals surface area contributed by atoms with Crippen LogP contribution in [0.5, 0.6) is 0 Å². The molecule has 3 aromatic rings. The molecule has 0 saturated heterocycles. The van der Waals surface area contributed by atoms with Crippen LogP contribution in [-0.4, -0.2) is 15.7 Å². The van der Waals surface area contributed by atoms with Crippen molar-refractivity contribution in [3.8, 4) is 11.3 Å². The number of hydrogen-bond donors (Lipinski definition) is 1. The van der Waals surface area contributed by atoms with E-state index in [2.05, 4.69) is 36.4 Å². The second-order valence-electron chi connectivity index (χ2n) is 7.21. The Labute approximate surface area is 175 Å². The lowest BCUT2D eigenvalue weighted by Gasteiger charge is -2.09. The molecule has 1 N–H and O–H groups in total. The Kier molecular flexibility index (Phi) is 6.83. The van der Waals surface area contributed by atoms with E-state index in [9.17, 15) is 9.59 Å². The zero-order valence-electron chi connectivity index (χ0n) is 16.6. The van der Waals surface area contributed by atoms with E-state index in [1.54, 1.807) is 18.2 Å². The van der Waals surface area contributed by atoms with Gasteiger partial charge in [-0.25, -0.2) is 4.68 Å². The minimum Gasteiger partial charge on any atom is -0.352 e. The van der Waals surface area contributed by atoms with Crippen LogP contribution in [0, 0.1) is 0 Å². The first-order valence-electron chi connectivity index (χ1n) is 9.62. The highest BCUT2D eigenvalue weighted by molar-refractivity contribution is 6.30. The molecule has 150 valence electrons. The van der Waals surface area contributed by atoms with Gasteiger partial charge >= 0.3 is 0 Å². The Bertz CT molecular complexity index is 1030. The summed E-state index contributed by atoms with van der Waals surface area (Å²) in [7, 11) is 0. The van der Waals surface area contributed by atoms with Gasteiger partial charge < -0.3 is 5.32 Å². The lowest BCUT2D eigenvalue weighted by Crippen LogP contribution is -2.28. The molecule has 2 aromatic carbocycles. The summed E-state index contributed by atoms with van der Waals surface area (Å²) < 4.78 is 1.32. The molecule has 3 rings (SSSR count). The molecule has 1 amide bonds. The number of nitrogens with zero attached hydrogens (tertiary/aromatic N) is 2. The minimum atomic E-state index is -0.236. The summed E-state index contributed by atoms with van der Waals surface area (Å²) in [6.45, 7) is 4.98. The Hall–Kier alpha value is -2.92. The quantitative estimate of drug-likeness (QED) is 0.629. The van der Waals surface area contributed by atoms with Gasteiger partial charge in [-0.05, 0) is 35.2 Å². The lowest BCUT2D eigenvalue weighted by molar-refractivity contribution is -0.121. The highest BCUT2D eigenvalue weighted by Gasteiger charge is 2.07. The van der Waals surface area contributed by atoms with Crippen LogP contribution < -0.4 is 10.9 Å². The van der Waals surface area contributed by atoms with Crippen molar-refractivity contribution in [1.82, 2.24) is 15.1 Å². The number of rotatable bonds is 7. The third-order valence-corrected chi connectivity index (χ3v) is 4.95. The van der Waals surface area contributed by atoms with Crippen molar-refractivity contribution in [3.63, 3.8) is 0 Å². The summed E-state index contributed by atoms with van der Waals surface area (Å²) in [6.07, 6.45) is 0.182. The number of carbonyl (C=O) groups excluding carboxylic acids is 1. The Morgan fingerprint density at radius 1 is 1.03 bits per heavy atom. The molecule has 1 heterocycles. The summed E-state index contributed by atoms with van der Waals surface area (Å²) >= 11 is 5.92. The third kappa shape index (κ3) is 5.78. The maximum absolute atomic E-state index is 12.2. The van der Waals surface area contributed by atoms with E-state index in [4.69, 9.17) is 11.6 Å². The fourth-order valence-electron chi connectivity index (χ4n) is 2.90. The first kappa shape index (κ1) is 20.8. The fraction of sp³-hybridized carbons (Fsp3) is 0.261. The monoisotopic (exact) mass is 409 g/mol. The zero-order valence-corrected chi connectivity index (χ0v) is 17.3. The summed E-state index contributed by atoms with van der Waals surface area (Å²) in [4.78, 5) is 24.3. The van der Waals surface area contributed by atoms with Crippen LogP contribution in [0.2, 0.25) is 5.02 Å². The van der Waals surface area contributed by atoms with Crippen molar-refractivity contribution in [2.75, 3.05) is 0 Å². The second kappa shape index (κ2) is 9.52. The van der Waals surface area contributed by atoms with Crippen molar-refractivity contribution in [3.05, 3.63) is 87.2 Å². The van der Waals surface area contributed by atoms with E-state index >= 15 is 0 Å². The Morgan fingerprint density at radius 3 is 2.38 bits per heavy atom. The van der Waals surface area contributed by atoms with E-state index in [1.165, 1.54) is 16.3 Å². The second-order valence-corrected chi connectivity index (χ2v) is 7.65. The highest BCUT2D eigenvalue weighted by Crippen LogP contribution is 2.18. The lowest BCUT2D eigenvalue weighted by atomic mass is 10.0. The molecule has 0 unspecified atom stereocenters. The van der Waals surface area contributed by atoms with Crippen LogP contribution in [0.15, 0.2) is 65.5 Å². The van der Waals surface area contributed by atoms with Gasteiger partial charge in [0.15, 0.2) is 0 Å². The van der Waals surface area contributed by atoms with Gasteiger partial charge in [-0.3, -0.25) is 9.59 Å². The molecule has 0 aliphatic heterocycles. The predicted molar refractivity (Wildman–Crippen MR) is 116 cm³/mol. The summed E-state index contributed by atoms with van der Waals surface area (Å²) in [6, 6.07) is 18.6. The maximum atomic E-state index is 12.2. The molecular weight excluding hydrogens is 386 g/mol. The number of hydrogen-bond acceptors (Lipinski definition) is 3. The predicted octanol–water partition coefficient (Wildman–Crippen LogP) is 4.39. The van der Waals surface area contributed by atoms with Crippen LogP contribution in [0.3, 0.4) is 0 Å². The van der Waals surface area contributed by atoms with Gasteiger partial charge in [0.2, 0.25) is 5.91 Å². The topological polar surface area (TPSA) is 64.0 Å². The number of carbonyl (C=O) groups is 1. The van der Waals surface area contributed by atoms with Crippen molar-refractivity contribution >= 4 is 17.5 Å². The maximum Gasteiger partial charge on any atom is 0.266 e. The molecular formula is C23H24ClN3O2. The molecule has 5 nitrogen and oxygen atoms in total. The van der Waals surface area contributed by atoms with Gasteiger partial charge in [-0.1, -0.05) is 61.8 Å². The van der Waals surface area contributed by atoms with E-state index in [0.717, 1.165) is 11.1 Å². The number of nitrogens with one attached hydrogen (secondary N) is 1. The standard InChI is InChI=1S/C23H24ClN3O2/c1-16(2)18-5-3-17(4-6-18)15-25-22(28)13-14-27-23(29)12-11-21(26-27)19-7-9-20(24)10-8-19/h3-12,16H,13-15H2,1-2H3,(H,25,28). The molecule has 0 spiro atoms.